The molecule has 2 rings (SSSR count). The van der Waals surface area contributed by atoms with Crippen LogP contribution in [0.25, 0.3) is 0 Å². The summed E-state index contributed by atoms with van der Waals surface area (Å²) in [5.41, 5.74) is 8.36. The highest BCUT2D eigenvalue weighted by atomic mass is 35.5. The van der Waals surface area contributed by atoms with E-state index < -0.39 is 0 Å². The SMILES string of the molecule is CC(N)c1ccc(N2CCN(C)CC2)cc1.Cl.Cl.Cl. The highest BCUT2D eigenvalue weighted by molar-refractivity contribution is 5.86. The normalized spacial score (nSPS) is 16.7. The van der Waals surface area contributed by atoms with Crippen molar-refractivity contribution in [1.29, 1.82) is 0 Å². The Labute approximate surface area is 134 Å². The highest BCUT2D eigenvalue weighted by Gasteiger charge is 2.13. The van der Waals surface area contributed by atoms with Crippen molar-refractivity contribution in [2.75, 3.05) is 38.1 Å². The lowest BCUT2D eigenvalue weighted by Gasteiger charge is -2.34. The van der Waals surface area contributed by atoms with Crippen molar-refractivity contribution in [3.63, 3.8) is 0 Å². The van der Waals surface area contributed by atoms with Gasteiger partial charge in [0, 0.05) is 37.9 Å². The molecule has 3 nitrogen and oxygen atoms in total. The van der Waals surface area contributed by atoms with Crippen molar-refractivity contribution < 1.29 is 0 Å². The highest BCUT2D eigenvalue weighted by Crippen LogP contribution is 2.19. The maximum absolute atomic E-state index is 5.84. The van der Waals surface area contributed by atoms with Gasteiger partial charge in [-0.1, -0.05) is 12.1 Å². The van der Waals surface area contributed by atoms with Gasteiger partial charge in [-0.15, -0.1) is 37.2 Å². The molecule has 0 saturated carbocycles. The van der Waals surface area contributed by atoms with Crippen LogP contribution in [0.2, 0.25) is 0 Å². The number of nitrogens with two attached hydrogens (primary N) is 1. The number of nitrogens with zero attached hydrogens (tertiary/aromatic N) is 2. The van der Waals surface area contributed by atoms with Crippen LogP contribution < -0.4 is 10.6 Å². The summed E-state index contributed by atoms with van der Waals surface area (Å²) in [4.78, 5) is 4.80. The molecule has 1 aromatic carbocycles. The van der Waals surface area contributed by atoms with Crippen molar-refractivity contribution >= 4 is 42.9 Å². The van der Waals surface area contributed by atoms with Crippen molar-refractivity contribution in [2.45, 2.75) is 13.0 Å². The van der Waals surface area contributed by atoms with Gasteiger partial charge in [-0.05, 0) is 31.7 Å². The van der Waals surface area contributed by atoms with Gasteiger partial charge in [0.2, 0.25) is 0 Å². The zero-order valence-electron chi connectivity index (χ0n) is 11.4. The predicted molar refractivity (Wildman–Crippen MR) is 90.5 cm³/mol. The summed E-state index contributed by atoms with van der Waals surface area (Å²) in [5.74, 6) is 0. The number of hydrogen-bond acceptors (Lipinski definition) is 3. The second kappa shape index (κ2) is 9.67. The minimum absolute atomic E-state index is 0. The van der Waals surface area contributed by atoms with Gasteiger partial charge in [-0.3, -0.25) is 0 Å². The summed E-state index contributed by atoms with van der Waals surface area (Å²) in [5, 5.41) is 0. The maximum Gasteiger partial charge on any atom is 0.0367 e. The van der Waals surface area contributed by atoms with Gasteiger partial charge in [0.25, 0.3) is 0 Å². The lowest BCUT2D eigenvalue weighted by molar-refractivity contribution is 0.313. The Morgan fingerprint density at radius 1 is 0.947 bits per heavy atom. The number of benzene rings is 1. The third kappa shape index (κ3) is 5.76. The van der Waals surface area contributed by atoms with Crippen LogP contribution in [0.15, 0.2) is 24.3 Å². The summed E-state index contributed by atoms with van der Waals surface area (Å²) in [6, 6.07) is 8.77. The molecular weight excluding hydrogens is 305 g/mol. The first kappa shape index (κ1) is 21.1. The van der Waals surface area contributed by atoms with Gasteiger partial charge in [0.15, 0.2) is 0 Å². The van der Waals surface area contributed by atoms with Crippen LogP contribution in [0.1, 0.15) is 18.5 Å². The third-order valence-electron chi connectivity index (χ3n) is 3.29. The molecule has 1 fully saturated rings. The number of halogens is 3. The molecule has 1 aliphatic rings. The fourth-order valence-electron chi connectivity index (χ4n) is 2.05. The summed E-state index contributed by atoms with van der Waals surface area (Å²) >= 11 is 0. The van der Waals surface area contributed by atoms with E-state index in [-0.39, 0.29) is 43.3 Å². The molecule has 0 radical (unpaired) electrons. The topological polar surface area (TPSA) is 32.5 Å². The Bertz CT molecular complexity index is 335. The molecule has 1 aromatic rings. The van der Waals surface area contributed by atoms with Gasteiger partial charge in [-0.25, -0.2) is 0 Å². The third-order valence-corrected chi connectivity index (χ3v) is 3.29. The zero-order valence-corrected chi connectivity index (χ0v) is 13.9. The van der Waals surface area contributed by atoms with Gasteiger partial charge >= 0.3 is 0 Å². The molecule has 2 N–H and O–H groups in total. The van der Waals surface area contributed by atoms with Crippen molar-refractivity contribution in [1.82, 2.24) is 4.90 Å². The second-order valence-corrected chi connectivity index (χ2v) is 4.67. The lowest BCUT2D eigenvalue weighted by atomic mass is 10.1. The Morgan fingerprint density at radius 3 is 1.84 bits per heavy atom. The Kier molecular flexibility index (Phi) is 10.7. The Balaban J connectivity index is 0. The van der Waals surface area contributed by atoms with E-state index in [9.17, 15) is 0 Å². The van der Waals surface area contributed by atoms with Gasteiger partial charge in [-0.2, -0.15) is 0 Å². The summed E-state index contributed by atoms with van der Waals surface area (Å²) in [6.45, 7) is 6.55. The van der Waals surface area contributed by atoms with Crippen LogP contribution in [-0.4, -0.2) is 38.1 Å². The number of piperazine rings is 1. The standard InChI is InChI=1S/C13H21N3.3ClH/c1-11(14)12-3-5-13(6-4-12)16-9-7-15(2)8-10-16;;;/h3-6,11H,7-10,14H2,1-2H3;3*1H. The molecule has 0 aliphatic carbocycles. The molecule has 1 aliphatic heterocycles. The first-order chi connectivity index (χ1) is 7.66. The molecule has 112 valence electrons. The smallest absolute Gasteiger partial charge is 0.0367 e. The van der Waals surface area contributed by atoms with E-state index in [4.69, 9.17) is 5.73 Å². The van der Waals surface area contributed by atoms with Crippen LogP contribution in [-0.2, 0) is 0 Å². The van der Waals surface area contributed by atoms with Crippen LogP contribution >= 0.6 is 37.2 Å². The average molecular weight is 329 g/mol. The van der Waals surface area contributed by atoms with E-state index in [0.29, 0.717) is 0 Å². The van der Waals surface area contributed by atoms with Gasteiger partial charge in [0.05, 0.1) is 0 Å². The van der Waals surface area contributed by atoms with Crippen LogP contribution in [0.3, 0.4) is 0 Å². The second-order valence-electron chi connectivity index (χ2n) is 4.67. The molecule has 19 heavy (non-hydrogen) atoms. The maximum atomic E-state index is 5.84. The summed E-state index contributed by atoms with van der Waals surface area (Å²) in [7, 11) is 2.18. The average Bonchev–Trinajstić information content (AvgIpc) is 2.30. The van der Waals surface area contributed by atoms with E-state index >= 15 is 0 Å². The van der Waals surface area contributed by atoms with Crippen LogP contribution in [0.5, 0.6) is 0 Å². The molecule has 0 aromatic heterocycles. The molecule has 1 heterocycles. The molecule has 6 heteroatoms. The molecule has 1 saturated heterocycles. The fourth-order valence-corrected chi connectivity index (χ4v) is 2.05. The van der Waals surface area contributed by atoms with E-state index in [1.165, 1.54) is 11.3 Å². The number of anilines is 1. The monoisotopic (exact) mass is 327 g/mol. The molecule has 0 bridgehead atoms. The fraction of sp³-hybridized carbons (Fsp3) is 0.538. The van der Waals surface area contributed by atoms with Crippen LogP contribution in [0.4, 0.5) is 5.69 Å². The molecule has 1 atom stereocenters. The molecule has 1 unspecified atom stereocenters. The lowest BCUT2D eigenvalue weighted by Crippen LogP contribution is -2.44. The molecule has 0 amide bonds. The molecule has 0 spiro atoms. The largest absolute Gasteiger partial charge is 0.369 e. The van der Waals surface area contributed by atoms with Gasteiger partial charge < -0.3 is 15.5 Å². The number of likely N-dealkylation sites (N-methyl/N-ethyl adjacent to an activating group) is 1. The van der Waals surface area contributed by atoms with Crippen LogP contribution in [0, 0.1) is 0 Å². The first-order valence-electron chi connectivity index (χ1n) is 5.96. The first-order valence-corrected chi connectivity index (χ1v) is 5.96. The van der Waals surface area contributed by atoms with Crippen molar-refractivity contribution in [2.24, 2.45) is 5.73 Å². The van der Waals surface area contributed by atoms with E-state index in [2.05, 4.69) is 41.1 Å². The zero-order chi connectivity index (χ0) is 11.5. The van der Waals surface area contributed by atoms with Crippen molar-refractivity contribution in [3.8, 4) is 0 Å². The van der Waals surface area contributed by atoms with E-state index in [1.807, 2.05) is 6.92 Å². The van der Waals surface area contributed by atoms with E-state index in [1.54, 1.807) is 0 Å². The Hall–Kier alpha value is -0.190. The minimum atomic E-state index is 0. The summed E-state index contributed by atoms with van der Waals surface area (Å²) in [6.07, 6.45) is 0. The number of hydrogen-bond donors (Lipinski definition) is 1. The van der Waals surface area contributed by atoms with Gasteiger partial charge in [0.1, 0.15) is 0 Å². The molecular formula is C13H24Cl3N3. The quantitative estimate of drug-likeness (QED) is 0.906. The predicted octanol–water partition coefficient (Wildman–Crippen LogP) is 2.72. The number of rotatable bonds is 2. The van der Waals surface area contributed by atoms with E-state index in [0.717, 1.165) is 26.2 Å². The Morgan fingerprint density at radius 2 is 1.42 bits per heavy atom. The van der Waals surface area contributed by atoms with Crippen molar-refractivity contribution in [3.05, 3.63) is 29.8 Å². The summed E-state index contributed by atoms with van der Waals surface area (Å²) < 4.78 is 0. The minimum Gasteiger partial charge on any atom is -0.369 e.